The molecule has 1 heterocycles. The molecule has 10 heteroatoms. The van der Waals surface area contributed by atoms with Gasteiger partial charge in [0.2, 0.25) is 12.4 Å². The summed E-state index contributed by atoms with van der Waals surface area (Å²) in [5, 5.41) is 0. The molecular weight excluding hydrogens is 460 g/mol. The smallest absolute Gasteiger partial charge is 0.303 e. The topological polar surface area (TPSA) is 124 Å². The number of ketones is 1. The van der Waals surface area contributed by atoms with Crippen molar-refractivity contribution in [2.45, 2.75) is 45.4 Å². The predicted octanol–water partition coefficient (Wildman–Crippen LogP) is 2.46. The minimum Gasteiger partial charge on any atom is -0.497 e. The Labute approximate surface area is 202 Å². The first kappa shape index (κ1) is 25.7. The van der Waals surface area contributed by atoms with E-state index >= 15 is 0 Å². The third-order valence-electron chi connectivity index (χ3n) is 5.03. The van der Waals surface area contributed by atoms with Crippen molar-refractivity contribution in [2.24, 2.45) is 0 Å². The fraction of sp³-hybridized carbons (Fsp3) is 0.360. The number of rotatable bonds is 8. The molecule has 0 unspecified atom stereocenters. The molecule has 1 aliphatic heterocycles. The van der Waals surface area contributed by atoms with Gasteiger partial charge in [-0.1, -0.05) is 0 Å². The quantitative estimate of drug-likeness (QED) is 0.312. The summed E-state index contributed by atoms with van der Waals surface area (Å²) in [6, 6.07) is 13.0. The van der Waals surface area contributed by atoms with Crippen LogP contribution in [0.4, 0.5) is 0 Å². The van der Waals surface area contributed by atoms with E-state index in [-0.39, 0.29) is 12.4 Å². The van der Waals surface area contributed by atoms with Crippen molar-refractivity contribution in [1.82, 2.24) is 0 Å². The Balaban J connectivity index is 1.77. The monoisotopic (exact) mass is 486 g/mol. The average Bonchev–Trinajstić information content (AvgIpc) is 2.82. The molecule has 3 rings (SSSR count). The van der Waals surface area contributed by atoms with Gasteiger partial charge in [0.25, 0.3) is 0 Å². The lowest BCUT2D eigenvalue weighted by molar-refractivity contribution is -0.259. The van der Waals surface area contributed by atoms with Gasteiger partial charge >= 0.3 is 17.9 Å². The van der Waals surface area contributed by atoms with Crippen LogP contribution in [0, 0.1) is 0 Å². The van der Waals surface area contributed by atoms with Crippen LogP contribution in [0.15, 0.2) is 48.5 Å². The molecule has 0 saturated carbocycles. The molecule has 0 aliphatic carbocycles. The maximum Gasteiger partial charge on any atom is 0.303 e. The van der Waals surface area contributed by atoms with Crippen LogP contribution < -0.4 is 9.47 Å². The molecule has 0 N–H and O–H groups in total. The van der Waals surface area contributed by atoms with Crippen LogP contribution in [-0.4, -0.2) is 62.0 Å². The van der Waals surface area contributed by atoms with Crippen molar-refractivity contribution in [1.29, 1.82) is 0 Å². The number of ether oxygens (including phenoxy) is 6. The molecule has 0 aromatic heterocycles. The lowest BCUT2D eigenvalue weighted by Crippen LogP contribution is -2.59. The molecule has 2 aromatic rings. The summed E-state index contributed by atoms with van der Waals surface area (Å²) < 4.78 is 32.4. The van der Waals surface area contributed by atoms with Crippen LogP contribution >= 0.6 is 0 Å². The van der Waals surface area contributed by atoms with Gasteiger partial charge in [0.1, 0.15) is 11.5 Å². The first-order chi connectivity index (χ1) is 16.7. The van der Waals surface area contributed by atoms with Gasteiger partial charge in [0.15, 0.2) is 18.0 Å². The number of methoxy groups -OCH3 is 1. The van der Waals surface area contributed by atoms with Gasteiger partial charge in [-0.3, -0.25) is 19.2 Å². The lowest BCUT2D eigenvalue weighted by atomic mass is 10.0. The van der Waals surface area contributed by atoms with Crippen LogP contribution in [-0.2, 0) is 33.3 Å². The van der Waals surface area contributed by atoms with E-state index in [1.165, 1.54) is 20.8 Å². The van der Waals surface area contributed by atoms with E-state index in [1.54, 1.807) is 55.6 Å². The molecule has 10 nitrogen and oxygen atoms in total. The zero-order valence-corrected chi connectivity index (χ0v) is 19.7. The van der Waals surface area contributed by atoms with Gasteiger partial charge < -0.3 is 28.4 Å². The van der Waals surface area contributed by atoms with Crippen LogP contribution in [0.3, 0.4) is 0 Å². The zero-order valence-electron chi connectivity index (χ0n) is 19.7. The number of hydrogen-bond donors (Lipinski definition) is 0. The Morgan fingerprint density at radius 2 is 1.20 bits per heavy atom. The standard InChI is InChI=1S/C25H26O10/c1-14(26)32-21-13-31-25(24(34-16(3)28)23(21)33-15(2)27)35-20-11-7-18(8-12-20)22(29)17-5-9-19(30-4)10-6-17/h5-12,21,23-25H,13H2,1-4H3/t21-,23+,24-,25+/m1/s1. The van der Waals surface area contributed by atoms with Crippen LogP contribution in [0.1, 0.15) is 36.7 Å². The molecule has 2 aromatic carbocycles. The predicted molar refractivity (Wildman–Crippen MR) is 120 cm³/mol. The molecule has 35 heavy (non-hydrogen) atoms. The highest BCUT2D eigenvalue weighted by Crippen LogP contribution is 2.27. The van der Waals surface area contributed by atoms with E-state index in [0.29, 0.717) is 22.6 Å². The summed E-state index contributed by atoms with van der Waals surface area (Å²) in [6.07, 6.45) is -4.52. The zero-order chi connectivity index (χ0) is 25.5. The second-order valence-electron chi connectivity index (χ2n) is 7.70. The highest BCUT2D eigenvalue weighted by Gasteiger charge is 2.48. The molecule has 0 bridgehead atoms. The third-order valence-corrected chi connectivity index (χ3v) is 5.03. The Morgan fingerprint density at radius 3 is 1.69 bits per heavy atom. The molecule has 0 radical (unpaired) electrons. The van der Waals surface area contributed by atoms with E-state index in [9.17, 15) is 19.2 Å². The number of esters is 3. The maximum absolute atomic E-state index is 12.7. The van der Waals surface area contributed by atoms with E-state index < -0.39 is 42.5 Å². The minimum atomic E-state index is -1.21. The maximum atomic E-state index is 12.7. The van der Waals surface area contributed by atoms with Crippen molar-refractivity contribution in [3.63, 3.8) is 0 Å². The summed E-state index contributed by atoms with van der Waals surface area (Å²) >= 11 is 0. The van der Waals surface area contributed by atoms with E-state index in [2.05, 4.69) is 0 Å². The van der Waals surface area contributed by atoms with E-state index in [0.717, 1.165) is 0 Å². The second kappa shape index (κ2) is 11.5. The van der Waals surface area contributed by atoms with Gasteiger partial charge in [-0.2, -0.15) is 0 Å². The molecular formula is C25H26O10. The summed E-state index contributed by atoms with van der Waals surface area (Å²) in [5.41, 5.74) is 0.919. The molecule has 0 amide bonds. The van der Waals surface area contributed by atoms with Crippen molar-refractivity contribution in [3.05, 3.63) is 59.7 Å². The van der Waals surface area contributed by atoms with Gasteiger partial charge in [-0.05, 0) is 48.5 Å². The normalized spacial score (nSPS) is 21.4. The largest absolute Gasteiger partial charge is 0.497 e. The third kappa shape index (κ3) is 6.80. The van der Waals surface area contributed by atoms with Gasteiger partial charge in [0.05, 0.1) is 13.7 Å². The number of carbonyl (C=O) groups excluding carboxylic acids is 4. The molecule has 1 aliphatic rings. The first-order valence-corrected chi connectivity index (χ1v) is 10.8. The van der Waals surface area contributed by atoms with Crippen molar-refractivity contribution in [3.8, 4) is 11.5 Å². The average molecular weight is 486 g/mol. The van der Waals surface area contributed by atoms with E-state index in [4.69, 9.17) is 28.4 Å². The molecule has 1 saturated heterocycles. The highest BCUT2D eigenvalue weighted by molar-refractivity contribution is 6.09. The number of benzene rings is 2. The molecule has 1 fully saturated rings. The van der Waals surface area contributed by atoms with Crippen molar-refractivity contribution in [2.75, 3.05) is 13.7 Å². The lowest BCUT2D eigenvalue weighted by Gasteiger charge is -2.40. The number of carbonyl (C=O) groups is 4. The minimum absolute atomic E-state index is 0.159. The second-order valence-corrected chi connectivity index (χ2v) is 7.70. The Kier molecular flexibility index (Phi) is 8.43. The van der Waals surface area contributed by atoms with Gasteiger partial charge in [0, 0.05) is 31.9 Å². The summed E-state index contributed by atoms with van der Waals surface area (Å²) in [7, 11) is 1.54. The van der Waals surface area contributed by atoms with Gasteiger partial charge in [-0.15, -0.1) is 0 Å². The summed E-state index contributed by atoms with van der Waals surface area (Å²) in [5.74, 6) is -1.19. The first-order valence-electron chi connectivity index (χ1n) is 10.8. The Morgan fingerprint density at radius 1 is 0.714 bits per heavy atom. The van der Waals surface area contributed by atoms with Crippen molar-refractivity contribution < 1.29 is 47.6 Å². The fourth-order valence-electron chi connectivity index (χ4n) is 3.54. The molecule has 4 atom stereocenters. The molecule has 186 valence electrons. The highest BCUT2D eigenvalue weighted by atomic mass is 16.7. The Hall–Kier alpha value is -3.92. The summed E-state index contributed by atoms with van der Waals surface area (Å²) in [6.45, 7) is 3.40. The number of hydrogen-bond acceptors (Lipinski definition) is 10. The van der Waals surface area contributed by atoms with E-state index in [1.807, 2.05) is 0 Å². The van der Waals surface area contributed by atoms with Gasteiger partial charge in [-0.25, -0.2) is 0 Å². The molecule has 0 spiro atoms. The Bertz CT molecular complexity index is 1060. The van der Waals surface area contributed by atoms with Crippen molar-refractivity contribution >= 4 is 23.7 Å². The van der Waals surface area contributed by atoms with Crippen LogP contribution in [0.25, 0.3) is 0 Å². The fourth-order valence-corrected chi connectivity index (χ4v) is 3.54. The van der Waals surface area contributed by atoms with Crippen LogP contribution in [0.2, 0.25) is 0 Å². The SMILES string of the molecule is COc1ccc(C(=O)c2ccc(O[C@@H]3OC[C@@H](OC(C)=O)[C@H](OC(C)=O)[C@H]3OC(C)=O)cc2)cc1. The van der Waals surface area contributed by atoms with Crippen LogP contribution in [0.5, 0.6) is 11.5 Å². The summed E-state index contributed by atoms with van der Waals surface area (Å²) in [4.78, 5) is 47.6.